The fraction of sp³-hybridized carbons (Fsp3) is 0.500. The summed E-state index contributed by atoms with van der Waals surface area (Å²) in [4.78, 5) is -0.0505. The van der Waals surface area contributed by atoms with Crippen LogP contribution in [0.25, 0.3) is 0 Å². The van der Waals surface area contributed by atoms with Gasteiger partial charge in [0.1, 0.15) is 5.82 Å². The molecule has 4 nitrogen and oxygen atoms in total. The molecule has 1 aromatic rings. The van der Waals surface area contributed by atoms with Gasteiger partial charge in [-0.3, -0.25) is 0 Å². The van der Waals surface area contributed by atoms with E-state index in [4.69, 9.17) is 5.73 Å². The Balaban J connectivity index is 3.17. The number of halogens is 2. The fourth-order valence-corrected chi connectivity index (χ4v) is 4.22. The second-order valence-corrected chi connectivity index (χ2v) is 7.22. The average molecular weight is 353 g/mol. The molecule has 0 amide bonds. The molecule has 0 saturated heterocycles. The topological polar surface area (TPSA) is 72.2 Å². The molecule has 1 atom stereocenters. The monoisotopic (exact) mass is 352 g/mol. The highest BCUT2D eigenvalue weighted by molar-refractivity contribution is 9.10. The van der Waals surface area contributed by atoms with E-state index in [9.17, 15) is 12.8 Å². The van der Waals surface area contributed by atoms with Crippen molar-refractivity contribution in [2.24, 2.45) is 5.92 Å². The van der Waals surface area contributed by atoms with Crippen LogP contribution in [0.3, 0.4) is 0 Å². The van der Waals surface area contributed by atoms with E-state index in [-0.39, 0.29) is 27.0 Å². The third kappa shape index (κ3) is 3.90. The second-order valence-electron chi connectivity index (χ2n) is 4.68. The molecule has 1 aromatic carbocycles. The Morgan fingerprint density at radius 1 is 1.42 bits per heavy atom. The van der Waals surface area contributed by atoms with Gasteiger partial charge in [-0.2, -0.15) is 0 Å². The molecule has 0 aliphatic carbocycles. The lowest BCUT2D eigenvalue weighted by molar-refractivity contribution is 0.437. The molecule has 0 radical (unpaired) electrons. The summed E-state index contributed by atoms with van der Waals surface area (Å²) in [6.45, 7) is 5.77. The molecular formula is C12H18BrFN2O2S. The molecule has 19 heavy (non-hydrogen) atoms. The minimum absolute atomic E-state index is 0.0505. The molecule has 0 saturated carbocycles. The van der Waals surface area contributed by atoms with Crippen LogP contribution in [-0.4, -0.2) is 14.5 Å². The Bertz CT molecular complexity index is 561. The maximum Gasteiger partial charge on any atom is 0.242 e. The van der Waals surface area contributed by atoms with E-state index in [1.54, 1.807) is 0 Å². The van der Waals surface area contributed by atoms with Crippen molar-refractivity contribution in [2.75, 3.05) is 5.73 Å². The number of sulfonamides is 1. The van der Waals surface area contributed by atoms with Crippen LogP contribution in [0.1, 0.15) is 27.2 Å². The zero-order valence-electron chi connectivity index (χ0n) is 11.1. The Labute approximate surface area is 121 Å². The number of hydrogen-bond donors (Lipinski definition) is 2. The number of nitrogen functional groups attached to an aromatic ring is 1. The SMILES string of the molecule is CCC(NS(=O)(=O)c1cc(N)c(F)cc1Br)C(C)C. The van der Waals surface area contributed by atoms with Gasteiger partial charge in [-0.1, -0.05) is 20.8 Å². The minimum atomic E-state index is -3.73. The first-order valence-electron chi connectivity index (χ1n) is 5.95. The fourth-order valence-electron chi connectivity index (χ4n) is 1.70. The maximum absolute atomic E-state index is 13.2. The van der Waals surface area contributed by atoms with Gasteiger partial charge >= 0.3 is 0 Å². The van der Waals surface area contributed by atoms with Crippen LogP contribution in [0.2, 0.25) is 0 Å². The molecule has 7 heteroatoms. The lowest BCUT2D eigenvalue weighted by Crippen LogP contribution is -2.38. The third-order valence-corrected chi connectivity index (χ3v) is 5.34. The van der Waals surface area contributed by atoms with E-state index in [0.29, 0.717) is 6.42 Å². The number of rotatable bonds is 5. The summed E-state index contributed by atoms with van der Waals surface area (Å²) in [5, 5.41) is 0. The van der Waals surface area contributed by atoms with E-state index in [0.717, 1.165) is 12.1 Å². The highest BCUT2D eigenvalue weighted by atomic mass is 79.9. The highest BCUT2D eigenvalue weighted by Crippen LogP contribution is 2.27. The molecule has 0 aromatic heterocycles. The predicted molar refractivity (Wildman–Crippen MR) is 77.8 cm³/mol. The smallest absolute Gasteiger partial charge is 0.242 e. The van der Waals surface area contributed by atoms with Gasteiger partial charge in [0.15, 0.2) is 0 Å². The molecule has 3 N–H and O–H groups in total. The van der Waals surface area contributed by atoms with E-state index < -0.39 is 15.8 Å². The summed E-state index contributed by atoms with van der Waals surface area (Å²) in [6.07, 6.45) is 0.672. The summed E-state index contributed by atoms with van der Waals surface area (Å²) in [6, 6.07) is 2.00. The number of hydrogen-bond acceptors (Lipinski definition) is 3. The average Bonchev–Trinajstić information content (AvgIpc) is 2.30. The molecular weight excluding hydrogens is 335 g/mol. The van der Waals surface area contributed by atoms with Crippen molar-refractivity contribution in [1.29, 1.82) is 0 Å². The van der Waals surface area contributed by atoms with E-state index in [2.05, 4.69) is 20.7 Å². The van der Waals surface area contributed by atoms with E-state index in [1.165, 1.54) is 0 Å². The molecule has 108 valence electrons. The van der Waals surface area contributed by atoms with Gasteiger partial charge in [-0.15, -0.1) is 0 Å². The van der Waals surface area contributed by atoms with Gasteiger partial charge in [0, 0.05) is 10.5 Å². The highest BCUT2D eigenvalue weighted by Gasteiger charge is 2.24. The van der Waals surface area contributed by atoms with Gasteiger partial charge in [0.25, 0.3) is 0 Å². The van der Waals surface area contributed by atoms with Crippen molar-refractivity contribution in [1.82, 2.24) is 4.72 Å². The van der Waals surface area contributed by atoms with Crippen LogP contribution < -0.4 is 10.5 Å². The Kier molecular flexibility index (Phi) is 5.34. The second kappa shape index (κ2) is 6.19. The van der Waals surface area contributed by atoms with E-state index >= 15 is 0 Å². The largest absolute Gasteiger partial charge is 0.396 e. The van der Waals surface area contributed by atoms with Crippen LogP contribution in [0.4, 0.5) is 10.1 Å². The van der Waals surface area contributed by atoms with Crippen molar-refractivity contribution >= 4 is 31.6 Å². The third-order valence-electron chi connectivity index (χ3n) is 2.89. The molecule has 0 spiro atoms. The quantitative estimate of drug-likeness (QED) is 0.800. The molecule has 1 unspecified atom stereocenters. The van der Waals surface area contributed by atoms with Crippen LogP contribution >= 0.6 is 15.9 Å². The van der Waals surface area contributed by atoms with Crippen molar-refractivity contribution < 1.29 is 12.8 Å². The van der Waals surface area contributed by atoms with Gasteiger partial charge in [0.05, 0.1) is 10.6 Å². The van der Waals surface area contributed by atoms with Gasteiger partial charge in [0.2, 0.25) is 10.0 Å². The normalized spacial score (nSPS) is 13.8. The predicted octanol–water partition coefficient (Wildman–Crippen LogP) is 2.88. The van der Waals surface area contributed by atoms with Crippen LogP contribution in [0.5, 0.6) is 0 Å². The summed E-state index contributed by atoms with van der Waals surface area (Å²) >= 11 is 3.05. The lowest BCUT2D eigenvalue weighted by Gasteiger charge is -2.21. The van der Waals surface area contributed by atoms with Crippen LogP contribution in [0, 0.1) is 11.7 Å². The summed E-state index contributed by atoms with van der Waals surface area (Å²) < 4.78 is 40.5. The molecule has 0 fully saturated rings. The first-order valence-corrected chi connectivity index (χ1v) is 8.23. The summed E-state index contributed by atoms with van der Waals surface area (Å²) in [7, 11) is -3.73. The lowest BCUT2D eigenvalue weighted by atomic mass is 10.0. The zero-order chi connectivity index (χ0) is 14.8. The molecule has 0 heterocycles. The molecule has 0 aliphatic heterocycles. The van der Waals surface area contributed by atoms with Crippen LogP contribution in [0.15, 0.2) is 21.5 Å². The Morgan fingerprint density at radius 2 is 2.00 bits per heavy atom. The Hall–Kier alpha value is -0.660. The van der Waals surface area contributed by atoms with Crippen molar-refractivity contribution in [3.05, 3.63) is 22.4 Å². The van der Waals surface area contributed by atoms with Gasteiger partial charge in [-0.25, -0.2) is 17.5 Å². The number of nitrogens with two attached hydrogens (primary N) is 1. The molecule has 1 rings (SSSR count). The maximum atomic E-state index is 13.2. The summed E-state index contributed by atoms with van der Waals surface area (Å²) in [5.41, 5.74) is 5.23. The van der Waals surface area contributed by atoms with Gasteiger partial charge in [-0.05, 0) is 40.4 Å². The Morgan fingerprint density at radius 3 is 2.47 bits per heavy atom. The molecule has 0 aliphatic rings. The van der Waals surface area contributed by atoms with Crippen molar-refractivity contribution in [2.45, 2.75) is 38.1 Å². The van der Waals surface area contributed by atoms with Crippen molar-refractivity contribution in [3.8, 4) is 0 Å². The number of anilines is 1. The minimum Gasteiger partial charge on any atom is -0.396 e. The van der Waals surface area contributed by atoms with Gasteiger partial charge < -0.3 is 5.73 Å². The zero-order valence-corrected chi connectivity index (χ0v) is 13.5. The standard InChI is InChI=1S/C12H18BrFN2O2S/c1-4-11(7(2)3)16-19(17,18)12-6-10(15)9(14)5-8(12)13/h5-7,11,16H,4,15H2,1-3H3. The number of nitrogens with one attached hydrogen (secondary N) is 1. The van der Waals surface area contributed by atoms with Crippen LogP contribution in [-0.2, 0) is 10.0 Å². The van der Waals surface area contributed by atoms with E-state index in [1.807, 2.05) is 20.8 Å². The van der Waals surface area contributed by atoms with Crippen molar-refractivity contribution in [3.63, 3.8) is 0 Å². The molecule has 0 bridgehead atoms. The first-order chi connectivity index (χ1) is 8.69. The first kappa shape index (κ1) is 16.4. The number of benzene rings is 1. The summed E-state index contributed by atoms with van der Waals surface area (Å²) in [5.74, 6) is -0.488.